The molecule has 3 aliphatic rings. The van der Waals surface area contributed by atoms with E-state index in [-0.39, 0.29) is 11.8 Å². The van der Waals surface area contributed by atoms with Crippen LogP contribution in [0.2, 0.25) is 0 Å². The van der Waals surface area contributed by atoms with Crippen molar-refractivity contribution in [2.24, 2.45) is 17.8 Å². The maximum absolute atomic E-state index is 12.8. The Bertz CT molecular complexity index is 586. The first-order valence-corrected chi connectivity index (χ1v) is 11.3. The zero-order valence-corrected chi connectivity index (χ0v) is 16.3. The average Bonchev–Trinajstić information content (AvgIpc) is 2.96. The van der Waals surface area contributed by atoms with Crippen LogP contribution >= 0.6 is 39.5 Å². The van der Waals surface area contributed by atoms with Gasteiger partial charge in [-0.15, -0.1) is 23.5 Å². The molecular weight excluding hydrogens is 390 g/mol. The molecule has 2 aliphatic carbocycles. The van der Waals surface area contributed by atoms with Gasteiger partial charge in [0.05, 0.1) is 4.08 Å². The topological polar surface area (TPSA) is 29.1 Å². The molecule has 4 rings (SSSR count). The van der Waals surface area contributed by atoms with Crippen LogP contribution in [0, 0.1) is 17.8 Å². The van der Waals surface area contributed by atoms with E-state index in [1.165, 1.54) is 30.8 Å². The van der Waals surface area contributed by atoms with Crippen molar-refractivity contribution < 1.29 is 4.79 Å². The van der Waals surface area contributed by atoms with Crippen LogP contribution in [0.1, 0.15) is 32.1 Å². The summed E-state index contributed by atoms with van der Waals surface area (Å²) in [7, 11) is 0. The molecule has 1 N–H and O–H groups in total. The molecule has 1 aliphatic heterocycles. The van der Waals surface area contributed by atoms with Crippen molar-refractivity contribution in [3.8, 4) is 0 Å². The largest absolute Gasteiger partial charge is 0.326 e. The Balaban J connectivity index is 1.48. The molecule has 3 fully saturated rings. The first kappa shape index (κ1) is 16.3. The molecule has 2 saturated carbocycles. The molecule has 0 unspecified atom stereocenters. The van der Waals surface area contributed by atoms with Gasteiger partial charge in [0.25, 0.3) is 0 Å². The molecule has 2 nitrogen and oxygen atoms in total. The Labute approximate surface area is 155 Å². The van der Waals surface area contributed by atoms with Crippen molar-refractivity contribution in [1.29, 1.82) is 0 Å². The molecule has 1 saturated heterocycles. The summed E-state index contributed by atoms with van der Waals surface area (Å²) in [5, 5.41) is 3.14. The number of thioether (sulfide) groups is 2. The monoisotopic (exact) mass is 411 g/mol. The van der Waals surface area contributed by atoms with Crippen LogP contribution in [-0.2, 0) is 4.79 Å². The Hall–Kier alpha value is -0.130. The summed E-state index contributed by atoms with van der Waals surface area (Å²) in [6.45, 7) is 0. The minimum absolute atomic E-state index is 0.191. The average molecular weight is 412 g/mol. The van der Waals surface area contributed by atoms with E-state index in [1.807, 2.05) is 24.3 Å². The molecule has 2 atom stereocenters. The number of hydrogen-bond acceptors (Lipinski definition) is 3. The lowest BCUT2D eigenvalue weighted by Crippen LogP contribution is -2.48. The predicted molar refractivity (Wildman–Crippen MR) is 104 cm³/mol. The lowest BCUT2D eigenvalue weighted by molar-refractivity contribution is -0.122. The lowest BCUT2D eigenvalue weighted by atomic mass is 9.67. The van der Waals surface area contributed by atoms with E-state index in [4.69, 9.17) is 0 Å². The van der Waals surface area contributed by atoms with Crippen molar-refractivity contribution in [3.05, 3.63) is 28.7 Å². The third-order valence-corrected chi connectivity index (χ3v) is 10.1. The number of hydrogen-bond donors (Lipinski definition) is 1. The third kappa shape index (κ3) is 3.09. The van der Waals surface area contributed by atoms with Gasteiger partial charge in [0.15, 0.2) is 0 Å². The zero-order valence-electron chi connectivity index (χ0n) is 13.1. The molecule has 1 aromatic rings. The molecule has 1 heterocycles. The van der Waals surface area contributed by atoms with Crippen LogP contribution in [-0.4, -0.2) is 21.5 Å². The second-order valence-electron chi connectivity index (χ2n) is 6.91. The highest BCUT2D eigenvalue weighted by atomic mass is 79.9. The van der Waals surface area contributed by atoms with Gasteiger partial charge in [-0.1, -0.05) is 28.4 Å². The molecule has 2 bridgehead atoms. The SMILES string of the molecule is O=C(Nc1cccc(Br)c1)C1C[C@H]2CCC[C@H](C1)C21SCCS1. The highest BCUT2D eigenvalue weighted by Crippen LogP contribution is 2.64. The van der Waals surface area contributed by atoms with Crippen molar-refractivity contribution in [3.63, 3.8) is 0 Å². The van der Waals surface area contributed by atoms with Crippen LogP contribution in [0.25, 0.3) is 0 Å². The zero-order chi connectivity index (χ0) is 15.9. The molecule has 1 amide bonds. The van der Waals surface area contributed by atoms with Gasteiger partial charge >= 0.3 is 0 Å². The fraction of sp³-hybridized carbons (Fsp3) is 0.611. The van der Waals surface area contributed by atoms with E-state index in [9.17, 15) is 4.79 Å². The van der Waals surface area contributed by atoms with Gasteiger partial charge in [0.1, 0.15) is 0 Å². The number of carbonyl (C=O) groups excluding carboxylic acids is 1. The Kier molecular flexibility index (Phi) is 4.72. The Morgan fingerprint density at radius 3 is 2.52 bits per heavy atom. The normalized spacial score (nSPS) is 32.0. The van der Waals surface area contributed by atoms with Gasteiger partial charge < -0.3 is 5.32 Å². The number of halogens is 1. The smallest absolute Gasteiger partial charge is 0.227 e. The number of rotatable bonds is 2. The summed E-state index contributed by atoms with van der Waals surface area (Å²) in [6, 6.07) is 7.90. The molecule has 124 valence electrons. The summed E-state index contributed by atoms with van der Waals surface area (Å²) in [5.74, 6) is 4.47. The van der Waals surface area contributed by atoms with Crippen LogP contribution in [0.4, 0.5) is 5.69 Å². The van der Waals surface area contributed by atoms with Crippen LogP contribution in [0.3, 0.4) is 0 Å². The highest BCUT2D eigenvalue weighted by Gasteiger charge is 2.55. The van der Waals surface area contributed by atoms with Gasteiger partial charge in [0, 0.05) is 27.6 Å². The van der Waals surface area contributed by atoms with Crippen molar-refractivity contribution in [2.45, 2.75) is 36.2 Å². The first-order chi connectivity index (χ1) is 11.2. The highest BCUT2D eigenvalue weighted by molar-refractivity contribution is 9.10. The molecule has 0 aromatic heterocycles. The fourth-order valence-corrected chi connectivity index (χ4v) is 8.97. The first-order valence-electron chi connectivity index (χ1n) is 8.52. The summed E-state index contributed by atoms with van der Waals surface area (Å²) >= 11 is 7.88. The van der Waals surface area contributed by atoms with E-state index in [1.54, 1.807) is 0 Å². The third-order valence-electron chi connectivity index (χ3n) is 5.58. The van der Waals surface area contributed by atoms with E-state index >= 15 is 0 Å². The van der Waals surface area contributed by atoms with Crippen LogP contribution < -0.4 is 5.32 Å². The summed E-state index contributed by atoms with van der Waals surface area (Å²) in [4.78, 5) is 12.8. The minimum Gasteiger partial charge on any atom is -0.326 e. The molecular formula is C18H22BrNOS2. The van der Waals surface area contributed by atoms with Gasteiger partial charge in [-0.25, -0.2) is 0 Å². The van der Waals surface area contributed by atoms with Gasteiger partial charge in [-0.2, -0.15) is 0 Å². The summed E-state index contributed by atoms with van der Waals surface area (Å²) in [5.41, 5.74) is 0.902. The maximum Gasteiger partial charge on any atom is 0.227 e. The van der Waals surface area contributed by atoms with Crippen LogP contribution in [0.5, 0.6) is 0 Å². The quantitative estimate of drug-likeness (QED) is 0.706. The number of carbonyl (C=O) groups is 1. The van der Waals surface area contributed by atoms with Gasteiger partial charge in [-0.05, 0) is 55.7 Å². The van der Waals surface area contributed by atoms with Gasteiger partial charge in [0.2, 0.25) is 5.91 Å². The minimum atomic E-state index is 0.191. The summed E-state index contributed by atoms with van der Waals surface area (Å²) in [6.07, 6.45) is 6.15. The number of benzene rings is 1. The molecule has 1 spiro atoms. The molecule has 1 aromatic carbocycles. The Morgan fingerprint density at radius 1 is 1.17 bits per heavy atom. The maximum atomic E-state index is 12.8. The molecule has 23 heavy (non-hydrogen) atoms. The molecule has 5 heteroatoms. The lowest BCUT2D eigenvalue weighted by Gasteiger charge is -2.52. The second-order valence-corrected chi connectivity index (χ2v) is 10.8. The Morgan fingerprint density at radius 2 is 1.87 bits per heavy atom. The second kappa shape index (κ2) is 6.64. The van der Waals surface area contributed by atoms with E-state index in [0.717, 1.165) is 34.8 Å². The standard InChI is InChI=1S/C18H22BrNOS2/c19-15-5-2-6-16(11-15)20-17(21)12-9-13-3-1-4-14(10-12)18(13)22-7-8-23-18/h2,5-6,11-14H,1,3-4,7-10H2,(H,20,21)/t13-,14-/m1/s1. The number of anilines is 1. The predicted octanol–water partition coefficient (Wildman–Crippen LogP) is 5.39. The van der Waals surface area contributed by atoms with E-state index in [0.29, 0.717) is 4.08 Å². The van der Waals surface area contributed by atoms with Crippen LogP contribution in [0.15, 0.2) is 28.7 Å². The van der Waals surface area contributed by atoms with Crippen molar-refractivity contribution in [1.82, 2.24) is 0 Å². The summed E-state index contributed by atoms with van der Waals surface area (Å²) < 4.78 is 1.46. The number of amides is 1. The number of nitrogens with one attached hydrogen (secondary N) is 1. The molecule has 0 radical (unpaired) electrons. The van der Waals surface area contributed by atoms with Gasteiger partial charge in [-0.3, -0.25) is 4.79 Å². The van der Waals surface area contributed by atoms with E-state index in [2.05, 4.69) is 44.8 Å². The van der Waals surface area contributed by atoms with Crippen molar-refractivity contribution in [2.75, 3.05) is 16.8 Å². The van der Waals surface area contributed by atoms with E-state index < -0.39 is 0 Å². The fourth-order valence-electron chi connectivity index (χ4n) is 4.63. The van der Waals surface area contributed by atoms with Crippen molar-refractivity contribution >= 4 is 51.0 Å².